The number of nitrogens with two attached hydrogens (primary N) is 1. The van der Waals surface area contributed by atoms with Crippen LogP contribution in [0.15, 0.2) is 18.2 Å². The average molecular weight is 334 g/mol. The standard InChI is InChI=1S/C12H13Cl2N3O4/c1-6(16-12(15)20)11(19)21-5-10(18)17-9-3-7(13)2-8(14)4-9/h2-4,6H,5H2,1H3,(H,17,18)(H3,15,16,20)/t6-/m1/s1. The Kier molecular flexibility index (Phi) is 6.26. The topological polar surface area (TPSA) is 111 Å². The van der Waals surface area contributed by atoms with E-state index >= 15 is 0 Å². The highest BCUT2D eigenvalue weighted by Crippen LogP contribution is 2.22. The summed E-state index contributed by atoms with van der Waals surface area (Å²) in [5.41, 5.74) is 5.23. The molecule has 0 aromatic heterocycles. The molecule has 9 heteroatoms. The summed E-state index contributed by atoms with van der Waals surface area (Å²) in [5.74, 6) is -1.36. The molecule has 0 spiro atoms. The van der Waals surface area contributed by atoms with E-state index in [0.717, 1.165) is 0 Å². The SMILES string of the molecule is C[C@@H](NC(N)=O)C(=O)OCC(=O)Nc1cc(Cl)cc(Cl)c1. The molecule has 0 radical (unpaired) electrons. The Morgan fingerprint density at radius 3 is 2.33 bits per heavy atom. The van der Waals surface area contributed by atoms with Crippen LogP contribution in [0.4, 0.5) is 10.5 Å². The maximum absolute atomic E-state index is 11.6. The molecule has 1 aromatic rings. The number of anilines is 1. The van der Waals surface area contributed by atoms with Crippen LogP contribution in [0.2, 0.25) is 10.0 Å². The van der Waals surface area contributed by atoms with E-state index in [-0.39, 0.29) is 0 Å². The number of primary amides is 1. The number of hydrogen-bond acceptors (Lipinski definition) is 4. The van der Waals surface area contributed by atoms with Crippen molar-refractivity contribution in [3.63, 3.8) is 0 Å². The van der Waals surface area contributed by atoms with Gasteiger partial charge in [0.2, 0.25) is 0 Å². The Morgan fingerprint density at radius 1 is 1.24 bits per heavy atom. The van der Waals surface area contributed by atoms with Gasteiger partial charge in [0.1, 0.15) is 6.04 Å². The smallest absolute Gasteiger partial charge is 0.328 e. The molecular formula is C12H13Cl2N3O4. The molecular weight excluding hydrogens is 321 g/mol. The van der Waals surface area contributed by atoms with Gasteiger partial charge in [-0.15, -0.1) is 0 Å². The van der Waals surface area contributed by atoms with Crippen LogP contribution in [0.1, 0.15) is 6.92 Å². The van der Waals surface area contributed by atoms with E-state index in [9.17, 15) is 14.4 Å². The second kappa shape index (κ2) is 7.70. The first-order valence-corrected chi connectivity index (χ1v) is 6.52. The molecule has 1 atom stereocenters. The molecule has 0 bridgehead atoms. The number of ether oxygens (including phenoxy) is 1. The Labute approximate surface area is 130 Å². The molecule has 0 aliphatic heterocycles. The monoisotopic (exact) mass is 333 g/mol. The van der Waals surface area contributed by atoms with Gasteiger partial charge in [0, 0.05) is 15.7 Å². The molecule has 21 heavy (non-hydrogen) atoms. The van der Waals surface area contributed by atoms with Crippen molar-refractivity contribution in [2.75, 3.05) is 11.9 Å². The normalized spacial score (nSPS) is 11.4. The molecule has 0 aliphatic rings. The van der Waals surface area contributed by atoms with Gasteiger partial charge in [0.25, 0.3) is 5.91 Å². The maximum atomic E-state index is 11.6. The van der Waals surface area contributed by atoms with Crippen molar-refractivity contribution >= 4 is 46.8 Å². The van der Waals surface area contributed by atoms with Crippen LogP contribution >= 0.6 is 23.2 Å². The summed E-state index contributed by atoms with van der Waals surface area (Å²) >= 11 is 11.6. The highest BCUT2D eigenvalue weighted by molar-refractivity contribution is 6.35. The molecule has 1 aromatic carbocycles. The number of carbonyl (C=O) groups is 3. The Morgan fingerprint density at radius 2 is 1.81 bits per heavy atom. The van der Waals surface area contributed by atoms with Gasteiger partial charge in [-0.05, 0) is 25.1 Å². The van der Waals surface area contributed by atoms with E-state index < -0.39 is 30.6 Å². The fourth-order valence-corrected chi connectivity index (χ4v) is 1.88. The zero-order chi connectivity index (χ0) is 16.0. The quantitative estimate of drug-likeness (QED) is 0.709. The van der Waals surface area contributed by atoms with E-state index in [1.807, 2.05) is 0 Å². The summed E-state index contributed by atoms with van der Waals surface area (Å²) in [6, 6.07) is 2.68. The molecule has 0 saturated carbocycles. The molecule has 0 saturated heterocycles. The largest absolute Gasteiger partial charge is 0.454 e. The number of benzene rings is 1. The number of amides is 3. The van der Waals surface area contributed by atoms with E-state index in [4.69, 9.17) is 33.7 Å². The van der Waals surface area contributed by atoms with Gasteiger partial charge < -0.3 is 21.1 Å². The Hall–Kier alpha value is -1.99. The highest BCUT2D eigenvalue weighted by atomic mass is 35.5. The van der Waals surface area contributed by atoms with Crippen LogP contribution in [0.5, 0.6) is 0 Å². The third-order valence-electron chi connectivity index (χ3n) is 2.20. The van der Waals surface area contributed by atoms with Gasteiger partial charge in [0.15, 0.2) is 6.61 Å². The van der Waals surface area contributed by atoms with Gasteiger partial charge >= 0.3 is 12.0 Å². The highest BCUT2D eigenvalue weighted by Gasteiger charge is 2.17. The Bertz CT molecular complexity index is 545. The zero-order valence-corrected chi connectivity index (χ0v) is 12.5. The maximum Gasteiger partial charge on any atom is 0.328 e. The molecule has 7 nitrogen and oxygen atoms in total. The zero-order valence-electron chi connectivity index (χ0n) is 11.0. The van der Waals surface area contributed by atoms with Crippen LogP contribution in [0.3, 0.4) is 0 Å². The lowest BCUT2D eigenvalue weighted by Crippen LogP contribution is -2.43. The van der Waals surface area contributed by atoms with Crippen LogP contribution in [0.25, 0.3) is 0 Å². The minimum atomic E-state index is -0.948. The second-order valence-corrected chi connectivity index (χ2v) is 4.92. The molecule has 114 valence electrons. The molecule has 0 aliphatic carbocycles. The van der Waals surface area contributed by atoms with Crippen LogP contribution < -0.4 is 16.4 Å². The number of rotatable bonds is 5. The summed E-state index contributed by atoms with van der Waals surface area (Å²) in [6.45, 7) is 0.857. The fraction of sp³-hybridized carbons (Fsp3) is 0.250. The molecule has 3 amide bonds. The lowest BCUT2D eigenvalue weighted by atomic mass is 10.3. The third kappa shape index (κ3) is 6.33. The van der Waals surface area contributed by atoms with E-state index in [1.165, 1.54) is 25.1 Å². The molecule has 0 heterocycles. The van der Waals surface area contributed by atoms with Gasteiger partial charge in [-0.2, -0.15) is 0 Å². The van der Waals surface area contributed by atoms with Crippen molar-refractivity contribution in [2.45, 2.75) is 13.0 Å². The van der Waals surface area contributed by atoms with Gasteiger partial charge in [-0.25, -0.2) is 9.59 Å². The number of esters is 1. The first-order chi connectivity index (χ1) is 9.77. The van der Waals surface area contributed by atoms with E-state index in [0.29, 0.717) is 15.7 Å². The van der Waals surface area contributed by atoms with Crippen molar-refractivity contribution in [3.05, 3.63) is 28.2 Å². The number of nitrogens with one attached hydrogen (secondary N) is 2. The second-order valence-electron chi connectivity index (χ2n) is 4.04. The molecule has 4 N–H and O–H groups in total. The summed E-state index contributed by atoms with van der Waals surface area (Å²) in [5, 5.41) is 5.30. The van der Waals surface area contributed by atoms with E-state index in [2.05, 4.69) is 10.6 Å². The summed E-state index contributed by atoms with van der Waals surface area (Å²) in [6.07, 6.45) is 0. The lowest BCUT2D eigenvalue weighted by molar-refractivity contribution is -0.148. The first kappa shape index (κ1) is 17.1. The number of carbonyl (C=O) groups excluding carboxylic acids is 3. The predicted molar refractivity (Wildman–Crippen MR) is 78.2 cm³/mol. The average Bonchev–Trinajstić information content (AvgIpc) is 2.33. The van der Waals surface area contributed by atoms with Gasteiger partial charge in [-0.3, -0.25) is 4.79 Å². The summed E-state index contributed by atoms with van der Waals surface area (Å²) in [4.78, 5) is 33.6. The summed E-state index contributed by atoms with van der Waals surface area (Å²) < 4.78 is 4.71. The molecule has 1 rings (SSSR count). The van der Waals surface area contributed by atoms with Crippen LogP contribution in [0, 0.1) is 0 Å². The van der Waals surface area contributed by atoms with Crippen LogP contribution in [-0.4, -0.2) is 30.6 Å². The third-order valence-corrected chi connectivity index (χ3v) is 2.64. The van der Waals surface area contributed by atoms with Crippen molar-refractivity contribution < 1.29 is 19.1 Å². The van der Waals surface area contributed by atoms with Gasteiger partial charge in [-0.1, -0.05) is 23.2 Å². The van der Waals surface area contributed by atoms with Crippen LogP contribution in [-0.2, 0) is 14.3 Å². The minimum Gasteiger partial charge on any atom is -0.454 e. The van der Waals surface area contributed by atoms with Crippen molar-refractivity contribution in [3.8, 4) is 0 Å². The lowest BCUT2D eigenvalue weighted by Gasteiger charge is -2.12. The molecule has 0 unspecified atom stereocenters. The minimum absolute atomic E-state index is 0.356. The predicted octanol–water partition coefficient (Wildman–Crippen LogP) is 1.53. The fourth-order valence-electron chi connectivity index (χ4n) is 1.36. The first-order valence-electron chi connectivity index (χ1n) is 5.76. The van der Waals surface area contributed by atoms with Crippen molar-refractivity contribution in [2.24, 2.45) is 5.73 Å². The Balaban J connectivity index is 2.47. The summed E-state index contributed by atoms with van der Waals surface area (Å²) in [7, 11) is 0. The molecule has 0 fully saturated rings. The van der Waals surface area contributed by atoms with Crippen molar-refractivity contribution in [1.29, 1.82) is 0 Å². The van der Waals surface area contributed by atoms with E-state index in [1.54, 1.807) is 0 Å². The number of hydrogen-bond donors (Lipinski definition) is 3. The van der Waals surface area contributed by atoms with Crippen molar-refractivity contribution in [1.82, 2.24) is 5.32 Å². The van der Waals surface area contributed by atoms with Gasteiger partial charge in [0.05, 0.1) is 0 Å². The number of halogens is 2. The number of urea groups is 1.